The monoisotopic (exact) mass is 287 g/mol. The molecule has 0 aliphatic carbocycles. The molecule has 0 bridgehead atoms. The standard InChI is InChI=1S/C12H15ClFN3O2/c1-12(2,11(15)17-19)6-16-10(18)8-4-3-7(13)5-9(8)14/h3-5,19H,6H2,1-2H3,(H2,15,17)(H,16,18). The first kappa shape index (κ1) is 15.2. The maximum Gasteiger partial charge on any atom is 0.254 e. The van der Waals surface area contributed by atoms with Gasteiger partial charge in [0.05, 0.1) is 5.56 Å². The van der Waals surface area contributed by atoms with Crippen LogP contribution in [0.1, 0.15) is 24.2 Å². The normalized spacial score (nSPS) is 12.3. The second kappa shape index (κ2) is 5.88. The molecule has 0 heterocycles. The number of nitrogens with one attached hydrogen (secondary N) is 1. The van der Waals surface area contributed by atoms with Gasteiger partial charge < -0.3 is 16.3 Å². The van der Waals surface area contributed by atoms with Gasteiger partial charge in [-0.05, 0) is 18.2 Å². The van der Waals surface area contributed by atoms with Crippen LogP contribution in [0.4, 0.5) is 4.39 Å². The molecule has 0 aliphatic heterocycles. The van der Waals surface area contributed by atoms with Crippen LogP contribution in [0.2, 0.25) is 5.02 Å². The zero-order valence-corrected chi connectivity index (χ0v) is 11.3. The van der Waals surface area contributed by atoms with Crippen LogP contribution in [0, 0.1) is 11.2 Å². The van der Waals surface area contributed by atoms with Crippen molar-refractivity contribution in [2.75, 3.05) is 6.54 Å². The van der Waals surface area contributed by atoms with Gasteiger partial charge in [0.25, 0.3) is 5.91 Å². The summed E-state index contributed by atoms with van der Waals surface area (Å²) in [5.74, 6) is -1.32. The Labute approximate surface area is 115 Å². The Hall–Kier alpha value is -1.82. The quantitative estimate of drug-likeness (QED) is 0.342. The lowest BCUT2D eigenvalue weighted by Gasteiger charge is -2.23. The van der Waals surface area contributed by atoms with Crippen LogP contribution in [-0.4, -0.2) is 23.5 Å². The minimum atomic E-state index is -0.743. The number of hydrogen-bond donors (Lipinski definition) is 3. The molecule has 0 saturated carbocycles. The zero-order valence-electron chi connectivity index (χ0n) is 10.6. The summed E-state index contributed by atoms with van der Waals surface area (Å²) in [6, 6.07) is 3.78. The average Bonchev–Trinajstić information content (AvgIpc) is 2.35. The molecule has 19 heavy (non-hydrogen) atoms. The first-order chi connectivity index (χ1) is 8.77. The van der Waals surface area contributed by atoms with Gasteiger partial charge in [0, 0.05) is 17.0 Å². The van der Waals surface area contributed by atoms with Crippen LogP contribution >= 0.6 is 11.6 Å². The molecule has 0 fully saturated rings. The van der Waals surface area contributed by atoms with Gasteiger partial charge in [-0.25, -0.2) is 4.39 Å². The van der Waals surface area contributed by atoms with E-state index in [-0.39, 0.29) is 23.0 Å². The Morgan fingerprint density at radius 1 is 1.58 bits per heavy atom. The van der Waals surface area contributed by atoms with Gasteiger partial charge in [-0.3, -0.25) is 4.79 Å². The number of carbonyl (C=O) groups excluding carboxylic acids is 1. The van der Waals surface area contributed by atoms with Crippen LogP contribution in [0.3, 0.4) is 0 Å². The van der Waals surface area contributed by atoms with Gasteiger partial charge in [-0.15, -0.1) is 0 Å². The second-order valence-corrected chi connectivity index (χ2v) is 5.11. The maximum absolute atomic E-state index is 13.5. The molecule has 1 aromatic carbocycles. The first-order valence-corrected chi connectivity index (χ1v) is 5.87. The first-order valence-electron chi connectivity index (χ1n) is 5.49. The fourth-order valence-electron chi connectivity index (χ4n) is 1.30. The van der Waals surface area contributed by atoms with Crippen molar-refractivity contribution >= 4 is 23.3 Å². The Balaban J connectivity index is 2.76. The Morgan fingerprint density at radius 3 is 2.74 bits per heavy atom. The van der Waals surface area contributed by atoms with Gasteiger partial charge in [-0.1, -0.05) is 30.6 Å². The molecule has 7 heteroatoms. The summed E-state index contributed by atoms with van der Waals surface area (Å²) in [5, 5.41) is 14.2. The maximum atomic E-state index is 13.5. The third-order valence-electron chi connectivity index (χ3n) is 2.67. The highest BCUT2D eigenvalue weighted by Gasteiger charge is 2.25. The van der Waals surface area contributed by atoms with Crippen LogP contribution in [0.25, 0.3) is 0 Å². The molecule has 0 radical (unpaired) electrons. The predicted molar refractivity (Wildman–Crippen MR) is 70.9 cm³/mol. The highest BCUT2D eigenvalue weighted by Crippen LogP contribution is 2.16. The van der Waals surface area contributed by atoms with Crippen molar-refractivity contribution in [3.63, 3.8) is 0 Å². The van der Waals surface area contributed by atoms with E-state index in [0.29, 0.717) is 0 Å². The molecule has 0 atom stereocenters. The number of hydrogen-bond acceptors (Lipinski definition) is 3. The van der Waals surface area contributed by atoms with Crippen molar-refractivity contribution < 1.29 is 14.4 Å². The van der Waals surface area contributed by atoms with Gasteiger partial charge in [0.15, 0.2) is 0 Å². The van der Waals surface area contributed by atoms with E-state index in [0.717, 1.165) is 6.07 Å². The summed E-state index contributed by atoms with van der Waals surface area (Å²) in [4.78, 5) is 11.8. The summed E-state index contributed by atoms with van der Waals surface area (Å²) in [6.07, 6.45) is 0. The van der Waals surface area contributed by atoms with E-state index in [2.05, 4.69) is 10.5 Å². The summed E-state index contributed by atoms with van der Waals surface area (Å²) >= 11 is 5.60. The highest BCUT2D eigenvalue weighted by molar-refractivity contribution is 6.30. The number of amidine groups is 1. The molecule has 104 valence electrons. The lowest BCUT2D eigenvalue weighted by molar-refractivity contribution is 0.0940. The molecule has 4 N–H and O–H groups in total. The summed E-state index contributed by atoms with van der Waals surface area (Å²) in [7, 11) is 0. The summed E-state index contributed by atoms with van der Waals surface area (Å²) in [6.45, 7) is 3.46. The molecule has 0 saturated heterocycles. The van der Waals surface area contributed by atoms with Gasteiger partial charge >= 0.3 is 0 Å². The van der Waals surface area contributed by atoms with E-state index in [9.17, 15) is 9.18 Å². The van der Waals surface area contributed by atoms with E-state index in [1.54, 1.807) is 13.8 Å². The minimum Gasteiger partial charge on any atom is -0.409 e. The number of benzene rings is 1. The SMILES string of the molecule is CC(C)(CNC(=O)c1ccc(Cl)cc1F)/C(N)=N/O. The average molecular weight is 288 g/mol. The number of nitrogens with two attached hydrogens (primary N) is 1. The molecule has 0 spiro atoms. The predicted octanol–water partition coefficient (Wildman–Crippen LogP) is 1.98. The van der Waals surface area contributed by atoms with E-state index in [4.69, 9.17) is 22.5 Å². The molecule has 0 unspecified atom stereocenters. The van der Waals surface area contributed by atoms with Crippen LogP contribution in [-0.2, 0) is 0 Å². The van der Waals surface area contributed by atoms with Gasteiger partial charge in [-0.2, -0.15) is 0 Å². The molecular formula is C12H15ClFN3O2. The van der Waals surface area contributed by atoms with Crippen LogP contribution < -0.4 is 11.1 Å². The molecule has 5 nitrogen and oxygen atoms in total. The van der Waals surface area contributed by atoms with Gasteiger partial charge in [0.1, 0.15) is 11.7 Å². The van der Waals surface area contributed by atoms with Crippen molar-refractivity contribution in [2.45, 2.75) is 13.8 Å². The van der Waals surface area contributed by atoms with Gasteiger partial charge in [0.2, 0.25) is 0 Å². The van der Waals surface area contributed by atoms with E-state index in [1.807, 2.05) is 0 Å². The highest BCUT2D eigenvalue weighted by atomic mass is 35.5. The fourth-order valence-corrected chi connectivity index (χ4v) is 1.45. The van der Waals surface area contributed by atoms with Crippen molar-refractivity contribution in [3.05, 3.63) is 34.6 Å². The lowest BCUT2D eigenvalue weighted by Crippen LogP contribution is -2.42. The Bertz CT molecular complexity index is 518. The number of rotatable bonds is 4. The van der Waals surface area contributed by atoms with Crippen molar-refractivity contribution in [2.24, 2.45) is 16.3 Å². The fraction of sp³-hybridized carbons (Fsp3) is 0.333. The number of carbonyl (C=O) groups is 1. The smallest absolute Gasteiger partial charge is 0.254 e. The molecule has 1 amide bonds. The molecule has 1 aromatic rings. The molecule has 1 rings (SSSR count). The van der Waals surface area contributed by atoms with E-state index >= 15 is 0 Å². The molecule has 0 aromatic heterocycles. The second-order valence-electron chi connectivity index (χ2n) is 4.68. The van der Waals surface area contributed by atoms with Crippen LogP contribution in [0.15, 0.2) is 23.4 Å². The number of halogens is 2. The minimum absolute atomic E-state index is 0.0237. The number of oxime groups is 1. The van der Waals surface area contributed by atoms with E-state index in [1.165, 1.54) is 12.1 Å². The summed E-state index contributed by atoms with van der Waals surface area (Å²) < 4.78 is 13.5. The number of amides is 1. The largest absolute Gasteiger partial charge is 0.409 e. The third kappa shape index (κ3) is 3.82. The number of nitrogens with zero attached hydrogens (tertiary/aromatic N) is 1. The van der Waals surface area contributed by atoms with Crippen molar-refractivity contribution in [1.29, 1.82) is 0 Å². The zero-order chi connectivity index (χ0) is 14.6. The molecular weight excluding hydrogens is 273 g/mol. The van der Waals surface area contributed by atoms with E-state index < -0.39 is 17.1 Å². The molecule has 0 aliphatic rings. The third-order valence-corrected chi connectivity index (χ3v) is 2.90. The topological polar surface area (TPSA) is 87.7 Å². The Morgan fingerprint density at radius 2 is 2.21 bits per heavy atom. The van der Waals surface area contributed by atoms with Crippen LogP contribution in [0.5, 0.6) is 0 Å². The van der Waals surface area contributed by atoms with Crippen molar-refractivity contribution in [3.8, 4) is 0 Å². The lowest BCUT2D eigenvalue weighted by atomic mass is 9.92. The van der Waals surface area contributed by atoms with Crippen molar-refractivity contribution in [1.82, 2.24) is 5.32 Å². The summed E-state index contributed by atoms with van der Waals surface area (Å²) in [5.41, 5.74) is 4.63. The Kier molecular flexibility index (Phi) is 4.72.